The van der Waals surface area contributed by atoms with Crippen molar-refractivity contribution >= 4 is 6.08 Å². The lowest BCUT2D eigenvalue weighted by Crippen LogP contribution is -1.84. The van der Waals surface area contributed by atoms with E-state index < -0.39 is 0 Å². The summed E-state index contributed by atoms with van der Waals surface area (Å²) in [4.78, 5) is 13.0. The molecule has 0 N–H and O–H groups in total. The lowest BCUT2D eigenvalue weighted by Gasteiger charge is -1.86. The Hall–Kier alpha value is -1.34. The highest BCUT2D eigenvalue weighted by Gasteiger charge is 1.91. The molecule has 0 saturated heterocycles. The summed E-state index contributed by atoms with van der Waals surface area (Å²) in [6.45, 7) is 0.455. The summed E-state index contributed by atoms with van der Waals surface area (Å²) >= 11 is 0. The molecular weight excluding hydrogens is 130 g/mol. The molecule has 52 valence electrons. The predicted molar refractivity (Wildman–Crippen MR) is 35.4 cm³/mol. The van der Waals surface area contributed by atoms with Crippen molar-refractivity contribution in [3.05, 3.63) is 24.2 Å². The van der Waals surface area contributed by atoms with Gasteiger partial charge in [-0.05, 0) is 12.1 Å². The highest BCUT2D eigenvalue weighted by Crippen LogP contribution is 1.99. The molecule has 1 aromatic rings. The van der Waals surface area contributed by atoms with E-state index in [2.05, 4.69) is 4.99 Å². The van der Waals surface area contributed by atoms with Gasteiger partial charge < -0.3 is 4.42 Å². The first-order chi connectivity index (χ1) is 4.93. The lowest BCUT2D eigenvalue weighted by molar-refractivity contribution is 0.510. The molecule has 0 saturated carbocycles. The molecule has 0 aliphatic rings. The van der Waals surface area contributed by atoms with Crippen molar-refractivity contribution in [3.63, 3.8) is 0 Å². The molecule has 0 aromatic carbocycles. The average Bonchev–Trinajstić information content (AvgIpc) is 2.41. The molecule has 0 amide bonds. The lowest BCUT2D eigenvalue weighted by atomic mass is 10.3. The monoisotopic (exact) mass is 137 g/mol. The van der Waals surface area contributed by atoms with Gasteiger partial charge in [0.25, 0.3) is 0 Å². The van der Waals surface area contributed by atoms with Gasteiger partial charge in [0.1, 0.15) is 5.76 Å². The fourth-order valence-corrected chi connectivity index (χ4v) is 0.667. The first kappa shape index (κ1) is 6.78. The smallest absolute Gasteiger partial charge is 0.234 e. The van der Waals surface area contributed by atoms with E-state index in [1.165, 1.54) is 6.08 Å². The van der Waals surface area contributed by atoms with E-state index in [9.17, 15) is 4.79 Å². The third-order valence-corrected chi connectivity index (χ3v) is 1.11. The zero-order valence-electron chi connectivity index (χ0n) is 5.41. The SMILES string of the molecule is O=C=NCCc1ccco1. The third-order valence-electron chi connectivity index (χ3n) is 1.11. The number of isocyanates is 1. The maximum absolute atomic E-state index is 9.61. The minimum absolute atomic E-state index is 0.455. The number of hydrogen-bond acceptors (Lipinski definition) is 3. The van der Waals surface area contributed by atoms with Crippen LogP contribution in [0.3, 0.4) is 0 Å². The van der Waals surface area contributed by atoms with Crippen LogP contribution in [0.5, 0.6) is 0 Å². The van der Waals surface area contributed by atoms with E-state index in [1.807, 2.05) is 6.07 Å². The summed E-state index contributed by atoms with van der Waals surface area (Å²) in [6.07, 6.45) is 3.73. The van der Waals surface area contributed by atoms with Gasteiger partial charge in [0.05, 0.1) is 12.8 Å². The first-order valence-corrected chi connectivity index (χ1v) is 2.99. The van der Waals surface area contributed by atoms with Gasteiger partial charge in [-0.25, -0.2) is 9.79 Å². The van der Waals surface area contributed by atoms with Crippen molar-refractivity contribution in [1.29, 1.82) is 0 Å². The van der Waals surface area contributed by atoms with E-state index in [1.54, 1.807) is 12.3 Å². The van der Waals surface area contributed by atoms with Gasteiger partial charge in [0.2, 0.25) is 6.08 Å². The van der Waals surface area contributed by atoms with Crippen LogP contribution in [0.1, 0.15) is 5.76 Å². The molecule has 1 rings (SSSR count). The largest absolute Gasteiger partial charge is 0.469 e. The number of carbonyl (C=O) groups excluding carboxylic acids is 1. The van der Waals surface area contributed by atoms with Crippen LogP contribution < -0.4 is 0 Å². The van der Waals surface area contributed by atoms with Crippen molar-refractivity contribution in [3.8, 4) is 0 Å². The molecule has 0 aliphatic carbocycles. The Kier molecular flexibility index (Phi) is 2.47. The van der Waals surface area contributed by atoms with E-state index in [4.69, 9.17) is 4.42 Å². The fourth-order valence-electron chi connectivity index (χ4n) is 0.667. The Bertz CT molecular complexity index is 222. The van der Waals surface area contributed by atoms with Crippen molar-refractivity contribution in [2.45, 2.75) is 6.42 Å². The van der Waals surface area contributed by atoms with Gasteiger partial charge in [-0.15, -0.1) is 0 Å². The summed E-state index contributed by atoms with van der Waals surface area (Å²) in [5.74, 6) is 0.846. The van der Waals surface area contributed by atoms with E-state index in [0.29, 0.717) is 13.0 Å². The van der Waals surface area contributed by atoms with Crippen LogP contribution in [-0.2, 0) is 11.2 Å². The number of rotatable bonds is 3. The number of furan rings is 1. The van der Waals surface area contributed by atoms with Gasteiger partial charge in [0.15, 0.2) is 0 Å². The Morgan fingerprint density at radius 2 is 2.60 bits per heavy atom. The van der Waals surface area contributed by atoms with Crippen LogP contribution in [-0.4, -0.2) is 12.6 Å². The summed E-state index contributed by atoms with van der Waals surface area (Å²) in [5.41, 5.74) is 0. The molecule has 1 heterocycles. The molecule has 3 heteroatoms. The Morgan fingerprint density at radius 1 is 1.70 bits per heavy atom. The Balaban J connectivity index is 2.34. The van der Waals surface area contributed by atoms with E-state index in [0.717, 1.165) is 5.76 Å². The van der Waals surface area contributed by atoms with Gasteiger partial charge in [-0.1, -0.05) is 0 Å². The average molecular weight is 137 g/mol. The Morgan fingerprint density at radius 3 is 3.20 bits per heavy atom. The van der Waals surface area contributed by atoms with Gasteiger partial charge in [-0.2, -0.15) is 0 Å². The normalized spacial score (nSPS) is 8.80. The topological polar surface area (TPSA) is 42.6 Å². The van der Waals surface area contributed by atoms with E-state index >= 15 is 0 Å². The summed E-state index contributed by atoms with van der Waals surface area (Å²) in [7, 11) is 0. The molecule has 0 fully saturated rings. The zero-order chi connectivity index (χ0) is 7.23. The van der Waals surface area contributed by atoms with Crippen LogP contribution in [0.25, 0.3) is 0 Å². The molecule has 10 heavy (non-hydrogen) atoms. The van der Waals surface area contributed by atoms with Crippen LogP contribution in [0.2, 0.25) is 0 Å². The predicted octanol–water partition coefficient (Wildman–Crippen LogP) is 1.16. The second kappa shape index (κ2) is 3.64. The minimum Gasteiger partial charge on any atom is -0.469 e. The second-order valence-corrected chi connectivity index (χ2v) is 1.80. The maximum Gasteiger partial charge on any atom is 0.234 e. The molecular formula is C7H7NO2. The third kappa shape index (κ3) is 1.88. The highest BCUT2D eigenvalue weighted by atomic mass is 16.3. The highest BCUT2D eigenvalue weighted by molar-refractivity contribution is 5.32. The molecule has 0 spiro atoms. The molecule has 0 radical (unpaired) electrons. The maximum atomic E-state index is 9.61. The zero-order valence-corrected chi connectivity index (χ0v) is 5.41. The van der Waals surface area contributed by atoms with Crippen molar-refractivity contribution in [2.24, 2.45) is 4.99 Å². The van der Waals surface area contributed by atoms with Gasteiger partial charge in [0, 0.05) is 6.42 Å². The quantitative estimate of drug-likeness (QED) is 0.463. The van der Waals surface area contributed by atoms with Crippen molar-refractivity contribution < 1.29 is 9.21 Å². The van der Waals surface area contributed by atoms with Gasteiger partial charge >= 0.3 is 0 Å². The van der Waals surface area contributed by atoms with Crippen LogP contribution in [0.15, 0.2) is 27.8 Å². The van der Waals surface area contributed by atoms with E-state index in [-0.39, 0.29) is 0 Å². The van der Waals surface area contributed by atoms with Crippen LogP contribution in [0, 0.1) is 0 Å². The van der Waals surface area contributed by atoms with Crippen molar-refractivity contribution in [1.82, 2.24) is 0 Å². The summed E-state index contributed by atoms with van der Waals surface area (Å²) in [6, 6.07) is 3.65. The molecule has 0 atom stereocenters. The first-order valence-electron chi connectivity index (χ1n) is 2.99. The van der Waals surface area contributed by atoms with Crippen molar-refractivity contribution in [2.75, 3.05) is 6.54 Å². The summed E-state index contributed by atoms with van der Waals surface area (Å²) < 4.78 is 4.99. The molecule has 0 unspecified atom stereocenters. The molecule has 0 bridgehead atoms. The molecule has 1 aromatic heterocycles. The second-order valence-electron chi connectivity index (χ2n) is 1.80. The summed E-state index contributed by atoms with van der Waals surface area (Å²) in [5, 5.41) is 0. The van der Waals surface area contributed by atoms with Crippen LogP contribution >= 0.6 is 0 Å². The number of aliphatic imine (C=N–C) groups is 1. The number of hydrogen-bond donors (Lipinski definition) is 0. The van der Waals surface area contributed by atoms with Gasteiger partial charge in [-0.3, -0.25) is 0 Å². The van der Waals surface area contributed by atoms with Crippen LogP contribution in [0.4, 0.5) is 0 Å². The fraction of sp³-hybridized carbons (Fsp3) is 0.286. The Labute approximate surface area is 58.4 Å². The standard InChI is InChI=1S/C7H7NO2/c9-6-8-4-3-7-2-1-5-10-7/h1-2,5H,3-4H2. The minimum atomic E-state index is 0.455. The molecule has 3 nitrogen and oxygen atoms in total. The number of nitrogens with zero attached hydrogens (tertiary/aromatic N) is 1. The molecule has 0 aliphatic heterocycles.